The molecular formula is C24H28N2O2. The van der Waals surface area contributed by atoms with E-state index >= 15 is 0 Å². The van der Waals surface area contributed by atoms with E-state index in [1.807, 2.05) is 43.3 Å². The number of nitriles is 1. The van der Waals surface area contributed by atoms with Gasteiger partial charge in [-0.05, 0) is 43.9 Å². The van der Waals surface area contributed by atoms with Gasteiger partial charge in [0.2, 0.25) is 5.91 Å². The minimum Gasteiger partial charge on any atom is -0.491 e. The Morgan fingerprint density at radius 3 is 2.54 bits per heavy atom. The lowest BCUT2D eigenvalue weighted by Gasteiger charge is -2.36. The summed E-state index contributed by atoms with van der Waals surface area (Å²) in [7, 11) is 0. The SMILES string of the molecule is CC[C@@H](C)Oc1ccc(NC(=O)C2(c3ccccc3)CCCCC2)c(C#N)c1. The van der Waals surface area contributed by atoms with Gasteiger partial charge in [0.05, 0.1) is 22.8 Å². The van der Waals surface area contributed by atoms with Crippen molar-refractivity contribution in [2.75, 3.05) is 5.32 Å². The van der Waals surface area contributed by atoms with Crippen molar-refractivity contribution in [1.82, 2.24) is 0 Å². The van der Waals surface area contributed by atoms with Crippen molar-refractivity contribution in [1.29, 1.82) is 5.26 Å². The molecule has 1 aliphatic carbocycles. The second kappa shape index (κ2) is 8.93. The van der Waals surface area contributed by atoms with Crippen LogP contribution in [0.15, 0.2) is 48.5 Å². The second-order valence-corrected chi connectivity index (χ2v) is 7.62. The highest BCUT2D eigenvalue weighted by Gasteiger charge is 2.41. The lowest BCUT2D eigenvalue weighted by atomic mass is 9.68. The predicted octanol–water partition coefficient (Wildman–Crippen LogP) is 5.58. The maximum absolute atomic E-state index is 13.4. The molecule has 2 aromatic carbocycles. The zero-order chi connectivity index (χ0) is 20.0. The second-order valence-electron chi connectivity index (χ2n) is 7.62. The van der Waals surface area contributed by atoms with Crippen LogP contribution in [0, 0.1) is 11.3 Å². The quantitative estimate of drug-likeness (QED) is 0.716. The van der Waals surface area contributed by atoms with E-state index in [4.69, 9.17) is 4.74 Å². The van der Waals surface area contributed by atoms with Gasteiger partial charge in [-0.25, -0.2) is 0 Å². The molecule has 2 aromatic rings. The molecule has 1 amide bonds. The first-order chi connectivity index (χ1) is 13.6. The van der Waals surface area contributed by atoms with Crippen LogP contribution in [0.3, 0.4) is 0 Å². The molecule has 146 valence electrons. The fraction of sp³-hybridized carbons (Fsp3) is 0.417. The molecule has 0 saturated heterocycles. The standard InChI is InChI=1S/C24H28N2O2/c1-3-18(2)28-21-12-13-22(19(16-21)17-25)26-23(27)24(14-8-5-9-15-24)20-10-6-4-7-11-20/h4,6-7,10-13,16,18H,3,5,8-9,14-15H2,1-2H3,(H,26,27)/t18-/m1/s1. The number of hydrogen-bond donors (Lipinski definition) is 1. The Hall–Kier alpha value is -2.80. The number of anilines is 1. The molecule has 3 rings (SSSR count). The van der Waals surface area contributed by atoms with E-state index in [0.717, 1.165) is 44.1 Å². The van der Waals surface area contributed by atoms with Gasteiger partial charge in [-0.2, -0.15) is 5.26 Å². The molecule has 4 nitrogen and oxygen atoms in total. The number of ether oxygens (including phenoxy) is 1. The Labute approximate surface area is 167 Å². The van der Waals surface area contributed by atoms with Gasteiger partial charge < -0.3 is 10.1 Å². The minimum absolute atomic E-state index is 0.0227. The Morgan fingerprint density at radius 2 is 1.89 bits per heavy atom. The van der Waals surface area contributed by atoms with E-state index in [1.165, 1.54) is 0 Å². The van der Waals surface area contributed by atoms with Crippen LogP contribution in [0.4, 0.5) is 5.69 Å². The van der Waals surface area contributed by atoms with E-state index in [0.29, 0.717) is 17.0 Å². The molecule has 0 unspecified atom stereocenters. The van der Waals surface area contributed by atoms with Crippen LogP contribution in [0.2, 0.25) is 0 Å². The predicted molar refractivity (Wildman–Crippen MR) is 111 cm³/mol. The Kier molecular flexibility index (Phi) is 6.36. The van der Waals surface area contributed by atoms with Gasteiger partial charge in [-0.15, -0.1) is 0 Å². The number of amides is 1. The molecule has 28 heavy (non-hydrogen) atoms. The van der Waals surface area contributed by atoms with E-state index < -0.39 is 5.41 Å². The van der Waals surface area contributed by atoms with Gasteiger partial charge in [0.1, 0.15) is 11.8 Å². The highest BCUT2D eigenvalue weighted by molar-refractivity contribution is 6.00. The number of hydrogen-bond acceptors (Lipinski definition) is 3. The zero-order valence-electron chi connectivity index (χ0n) is 16.7. The minimum atomic E-state index is -0.530. The molecule has 0 aliphatic heterocycles. The number of carbonyl (C=O) groups excluding carboxylic acids is 1. The summed E-state index contributed by atoms with van der Waals surface area (Å²) in [6.45, 7) is 4.05. The molecule has 1 saturated carbocycles. The molecular weight excluding hydrogens is 348 g/mol. The third-order valence-corrected chi connectivity index (χ3v) is 5.74. The van der Waals surface area contributed by atoms with Crippen molar-refractivity contribution in [2.45, 2.75) is 63.9 Å². The molecule has 1 N–H and O–H groups in total. The number of carbonyl (C=O) groups is 1. The summed E-state index contributed by atoms with van der Waals surface area (Å²) in [6, 6.07) is 17.5. The van der Waals surface area contributed by atoms with Crippen molar-refractivity contribution in [3.05, 3.63) is 59.7 Å². The van der Waals surface area contributed by atoms with E-state index in [1.54, 1.807) is 12.1 Å². The molecule has 1 atom stereocenters. The van der Waals surface area contributed by atoms with Gasteiger partial charge in [0.15, 0.2) is 0 Å². The van der Waals surface area contributed by atoms with Gasteiger partial charge in [-0.3, -0.25) is 4.79 Å². The summed E-state index contributed by atoms with van der Waals surface area (Å²) < 4.78 is 5.81. The third kappa shape index (κ3) is 4.20. The number of nitrogens with one attached hydrogen (secondary N) is 1. The van der Waals surface area contributed by atoms with Crippen molar-refractivity contribution >= 4 is 11.6 Å². The smallest absolute Gasteiger partial charge is 0.235 e. The van der Waals surface area contributed by atoms with Crippen LogP contribution >= 0.6 is 0 Å². The Balaban J connectivity index is 1.87. The Bertz CT molecular complexity index is 849. The molecule has 0 bridgehead atoms. The first-order valence-corrected chi connectivity index (χ1v) is 10.2. The van der Waals surface area contributed by atoms with Crippen molar-refractivity contribution in [2.24, 2.45) is 0 Å². The average molecular weight is 377 g/mol. The number of nitrogens with zero attached hydrogens (tertiary/aromatic N) is 1. The van der Waals surface area contributed by atoms with Crippen molar-refractivity contribution in [3.8, 4) is 11.8 Å². The topological polar surface area (TPSA) is 62.1 Å². The molecule has 4 heteroatoms. The summed E-state index contributed by atoms with van der Waals surface area (Å²) in [4.78, 5) is 13.4. The average Bonchev–Trinajstić information content (AvgIpc) is 2.75. The number of benzene rings is 2. The van der Waals surface area contributed by atoms with Crippen molar-refractivity contribution < 1.29 is 9.53 Å². The molecule has 0 radical (unpaired) electrons. The summed E-state index contributed by atoms with van der Waals surface area (Å²) >= 11 is 0. The van der Waals surface area contributed by atoms with Crippen LogP contribution < -0.4 is 10.1 Å². The van der Waals surface area contributed by atoms with Crippen LogP contribution in [0.5, 0.6) is 5.75 Å². The summed E-state index contributed by atoms with van der Waals surface area (Å²) in [5.74, 6) is 0.629. The zero-order valence-corrected chi connectivity index (χ0v) is 16.7. The van der Waals surface area contributed by atoms with Gasteiger partial charge in [-0.1, -0.05) is 56.5 Å². The Morgan fingerprint density at radius 1 is 1.18 bits per heavy atom. The molecule has 0 heterocycles. The van der Waals surface area contributed by atoms with E-state index in [-0.39, 0.29) is 12.0 Å². The highest BCUT2D eigenvalue weighted by Crippen LogP contribution is 2.40. The first kappa shape index (κ1) is 19.9. The maximum atomic E-state index is 13.4. The fourth-order valence-electron chi connectivity index (χ4n) is 3.92. The van der Waals surface area contributed by atoms with E-state index in [9.17, 15) is 10.1 Å². The first-order valence-electron chi connectivity index (χ1n) is 10.2. The summed E-state index contributed by atoms with van der Waals surface area (Å²) in [6.07, 6.45) is 5.87. The van der Waals surface area contributed by atoms with Gasteiger partial charge in [0, 0.05) is 6.07 Å². The summed E-state index contributed by atoms with van der Waals surface area (Å²) in [5, 5.41) is 12.6. The maximum Gasteiger partial charge on any atom is 0.235 e. The van der Waals surface area contributed by atoms with Crippen molar-refractivity contribution in [3.63, 3.8) is 0 Å². The molecule has 0 spiro atoms. The van der Waals surface area contributed by atoms with Gasteiger partial charge >= 0.3 is 0 Å². The fourth-order valence-corrected chi connectivity index (χ4v) is 3.92. The summed E-state index contributed by atoms with van der Waals surface area (Å²) in [5.41, 5.74) is 1.50. The number of rotatable bonds is 6. The molecule has 1 aliphatic rings. The lowest BCUT2D eigenvalue weighted by molar-refractivity contribution is -0.122. The third-order valence-electron chi connectivity index (χ3n) is 5.74. The largest absolute Gasteiger partial charge is 0.491 e. The lowest BCUT2D eigenvalue weighted by Crippen LogP contribution is -2.42. The molecule has 0 aromatic heterocycles. The molecule has 1 fully saturated rings. The van der Waals surface area contributed by atoms with Crippen LogP contribution in [-0.4, -0.2) is 12.0 Å². The monoisotopic (exact) mass is 376 g/mol. The normalized spacial score (nSPS) is 16.6. The highest BCUT2D eigenvalue weighted by atomic mass is 16.5. The van der Waals surface area contributed by atoms with E-state index in [2.05, 4.69) is 18.3 Å². The van der Waals surface area contributed by atoms with Gasteiger partial charge in [0.25, 0.3) is 0 Å². The van der Waals surface area contributed by atoms with Crippen LogP contribution in [-0.2, 0) is 10.2 Å². The van der Waals surface area contributed by atoms with Crippen LogP contribution in [0.1, 0.15) is 63.5 Å². The van der Waals surface area contributed by atoms with Crippen LogP contribution in [0.25, 0.3) is 0 Å².